The molecule has 2 atom stereocenters. The van der Waals surface area contributed by atoms with E-state index in [1.807, 2.05) is 0 Å². The van der Waals surface area contributed by atoms with Crippen molar-refractivity contribution in [2.75, 3.05) is 33.9 Å². The van der Waals surface area contributed by atoms with Crippen molar-refractivity contribution in [3.05, 3.63) is 35.4 Å². The lowest BCUT2D eigenvalue weighted by molar-refractivity contribution is -0.0615. The average molecular weight is 290 g/mol. The van der Waals surface area contributed by atoms with Crippen molar-refractivity contribution in [3.8, 4) is 0 Å². The minimum atomic E-state index is 0.234. The Kier molecular flexibility index (Phi) is 4.91. The van der Waals surface area contributed by atoms with Gasteiger partial charge < -0.3 is 14.8 Å². The number of morpholine rings is 1. The molecule has 1 aromatic carbocycles. The van der Waals surface area contributed by atoms with E-state index in [9.17, 15) is 0 Å². The van der Waals surface area contributed by atoms with Crippen LogP contribution in [-0.2, 0) is 16.1 Å². The summed E-state index contributed by atoms with van der Waals surface area (Å²) in [6.45, 7) is 3.43. The van der Waals surface area contributed by atoms with E-state index in [-0.39, 0.29) is 6.10 Å². The summed E-state index contributed by atoms with van der Waals surface area (Å²) in [4.78, 5) is 2.41. The van der Waals surface area contributed by atoms with Crippen LogP contribution in [0, 0.1) is 0 Å². The molecule has 116 valence electrons. The molecule has 4 nitrogen and oxygen atoms in total. The van der Waals surface area contributed by atoms with Gasteiger partial charge in [0.1, 0.15) is 0 Å². The fourth-order valence-corrected chi connectivity index (χ4v) is 3.05. The predicted octanol–water partition coefficient (Wildman–Crippen LogP) is 1.96. The molecule has 2 unspecified atom stereocenters. The van der Waals surface area contributed by atoms with Gasteiger partial charge in [0.25, 0.3) is 0 Å². The normalized spacial score (nSPS) is 27.0. The van der Waals surface area contributed by atoms with Crippen LogP contribution >= 0.6 is 0 Å². The van der Waals surface area contributed by atoms with Crippen LogP contribution < -0.4 is 5.32 Å². The van der Waals surface area contributed by atoms with Gasteiger partial charge in [0.05, 0.1) is 25.4 Å². The molecule has 1 saturated carbocycles. The maximum atomic E-state index is 6.04. The highest BCUT2D eigenvalue weighted by Crippen LogP contribution is 2.29. The monoisotopic (exact) mass is 290 g/mol. The van der Waals surface area contributed by atoms with E-state index in [2.05, 4.69) is 41.5 Å². The topological polar surface area (TPSA) is 33.7 Å². The maximum absolute atomic E-state index is 6.04. The molecule has 0 radical (unpaired) electrons. The number of likely N-dealkylation sites (N-methyl/N-ethyl adjacent to an activating group) is 1. The van der Waals surface area contributed by atoms with Crippen molar-refractivity contribution in [2.24, 2.45) is 0 Å². The van der Waals surface area contributed by atoms with E-state index < -0.39 is 0 Å². The number of ether oxygens (including phenoxy) is 2. The van der Waals surface area contributed by atoms with Crippen LogP contribution in [0.2, 0.25) is 0 Å². The minimum absolute atomic E-state index is 0.234. The van der Waals surface area contributed by atoms with E-state index in [0.717, 1.165) is 25.7 Å². The first-order valence-corrected chi connectivity index (χ1v) is 7.91. The lowest BCUT2D eigenvalue weighted by Crippen LogP contribution is -2.47. The molecule has 0 aromatic heterocycles. The van der Waals surface area contributed by atoms with E-state index in [1.165, 1.54) is 24.0 Å². The third-order valence-electron chi connectivity index (χ3n) is 4.42. The molecule has 1 aliphatic heterocycles. The summed E-state index contributed by atoms with van der Waals surface area (Å²) in [7, 11) is 3.93. The Balaban J connectivity index is 1.70. The van der Waals surface area contributed by atoms with Crippen molar-refractivity contribution < 1.29 is 9.47 Å². The van der Waals surface area contributed by atoms with Crippen LogP contribution in [0.15, 0.2) is 24.3 Å². The van der Waals surface area contributed by atoms with Crippen LogP contribution in [0.25, 0.3) is 0 Å². The Morgan fingerprint density at radius 3 is 2.71 bits per heavy atom. The molecule has 1 aromatic rings. The van der Waals surface area contributed by atoms with Gasteiger partial charge in [-0.2, -0.15) is 0 Å². The number of rotatable bonds is 6. The van der Waals surface area contributed by atoms with Crippen LogP contribution in [-0.4, -0.2) is 50.9 Å². The largest absolute Gasteiger partial charge is 0.380 e. The molecule has 3 rings (SSSR count). The second kappa shape index (κ2) is 6.88. The molecule has 2 fully saturated rings. The summed E-state index contributed by atoms with van der Waals surface area (Å²) in [5.41, 5.74) is 2.55. The van der Waals surface area contributed by atoms with Crippen LogP contribution in [0.3, 0.4) is 0 Å². The summed E-state index contributed by atoms with van der Waals surface area (Å²) >= 11 is 0. The van der Waals surface area contributed by atoms with Gasteiger partial charge in [-0.15, -0.1) is 0 Å². The number of nitrogens with zero attached hydrogens (tertiary/aromatic N) is 1. The van der Waals surface area contributed by atoms with Gasteiger partial charge in [-0.25, -0.2) is 0 Å². The van der Waals surface area contributed by atoms with Gasteiger partial charge in [-0.1, -0.05) is 24.3 Å². The maximum Gasteiger partial charge on any atom is 0.0896 e. The first-order valence-electron chi connectivity index (χ1n) is 7.91. The van der Waals surface area contributed by atoms with Gasteiger partial charge >= 0.3 is 0 Å². The first-order chi connectivity index (χ1) is 10.3. The molecule has 1 saturated heterocycles. The van der Waals surface area contributed by atoms with Crippen LogP contribution in [0.4, 0.5) is 0 Å². The Hall–Kier alpha value is -0.940. The highest BCUT2D eigenvalue weighted by atomic mass is 16.5. The molecule has 4 heteroatoms. The minimum Gasteiger partial charge on any atom is -0.380 e. The summed E-state index contributed by atoms with van der Waals surface area (Å²) in [5.74, 6) is 0. The zero-order valence-corrected chi connectivity index (χ0v) is 13.0. The second-order valence-electron chi connectivity index (χ2n) is 6.19. The van der Waals surface area contributed by atoms with E-state index in [4.69, 9.17) is 9.47 Å². The number of hydrogen-bond acceptors (Lipinski definition) is 4. The molecule has 0 bridgehead atoms. The molecular formula is C17H26N2O2. The molecule has 1 aliphatic carbocycles. The van der Waals surface area contributed by atoms with Gasteiger partial charge in [0.2, 0.25) is 0 Å². The highest BCUT2D eigenvalue weighted by molar-refractivity contribution is 5.26. The number of hydrogen-bond donors (Lipinski definition) is 1. The first kappa shape index (κ1) is 15.0. The SMILES string of the molecule is COCc1ccc(C2C(CNC3CC3)OCCN2C)cc1. The van der Waals surface area contributed by atoms with E-state index in [0.29, 0.717) is 12.6 Å². The number of methoxy groups -OCH3 is 1. The molecule has 1 N–H and O–H groups in total. The summed E-state index contributed by atoms with van der Waals surface area (Å²) < 4.78 is 11.2. The fourth-order valence-electron chi connectivity index (χ4n) is 3.05. The Morgan fingerprint density at radius 2 is 2.05 bits per heavy atom. The van der Waals surface area contributed by atoms with Gasteiger partial charge in [-0.05, 0) is 31.0 Å². The van der Waals surface area contributed by atoms with Gasteiger partial charge in [-0.3, -0.25) is 4.90 Å². The van der Waals surface area contributed by atoms with Crippen LogP contribution in [0.1, 0.15) is 30.0 Å². The van der Waals surface area contributed by atoms with Crippen LogP contribution in [0.5, 0.6) is 0 Å². The van der Waals surface area contributed by atoms with Crippen molar-refractivity contribution in [2.45, 2.75) is 37.6 Å². The Morgan fingerprint density at radius 1 is 1.29 bits per heavy atom. The average Bonchev–Trinajstić information content (AvgIpc) is 3.31. The lowest BCUT2D eigenvalue weighted by atomic mass is 9.97. The van der Waals surface area contributed by atoms with E-state index in [1.54, 1.807) is 7.11 Å². The lowest BCUT2D eigenvalue weighted by Gasteiger charge is -2.39. The summed E-state index contributed by atoms with van der Waals surface area (Å²) in [6, 6.07) is 9.81. The zero-order valence-electron chi connectivity index (χ0n) is 13.0. The molecule has 0 amide bonds. The third kappa shape index (κ3) is 3.83. The number of benzene rings is 1. The van der Waals surface area contributed by atoms with Crippen molar-refractivity contribution in [1.82, 2.24) is 10.2 Å². The van der Waals surface area contributed by atoms with Crippen molar-refractivity contribution >= 4 is 0 Å². The van der Waals surface area contributed by atoms with Crippen molar-refractivity contribution in [3.63, 3.8) is 0 Å². The highest BCUT2D eigenvalue weighted by Gasteiger charge is 2.32. The Labute approximate surface area is 127 Å². The molecule has 1 heterocycles. The molecule has 0 spiro atoms. The summed E-state index contributed by atoms with van der Waals surface area (Å²) in [6.07, 6.45) is 2.87. The second-order valence-corrected chi connectivity index (χ2v) is 6.19. The zero-order chi connectivity index (χ0) is 14.7. The van der Waals surface area contributed by atoms with E-state index >= 15 is 0 Å². The molecule has 2 aliphatic rings. The quantitative estimate of drug-likeness (QED) is 0.868. The summed E-state index contributed by atoms with van der Waals surface area (Å²) in [5, 5.41) is 3.61. The molecular weight excluding hydrogens is 264 g/mol. The van der Waals surface area contributed by atoms with Crippen molar-refractivity contribution in [1.29, 1.82) is 0 Å². The van der Waals surface area contributed by atoms with Gasteiger partial charge in [0.15, 0.2) is 0 Å². The van der Waals surface area contributed by atoms with Gasteiger partial charge in [0, 0.05) is 26.2 Å². The predicted molar refractivity (Wildman–Crippen MR) is 83.3 cm³/mol. The third-order valence-corrected chi connectivity index (χ3v) is 4.42. The fraction of sp³-hybridized carbons (Fsp3) is 0.647. The Bertz CT molecular complexity index is 445. The standard InChI is InChI=1S/C17H26N2O2/c1-19-9-10-21-16(11-18-15-7-8-15)17(19)14-5-3-13(4-6-14)12-20-2/h3-6,15-18H,7-12H2,1-2H3. The molecule has 21 heavy (non-hydrogen) atoms. The number of nitrogens with one attached hydrogen (secondary N) is 1. The smallest absolute Gasteiger partial charge is 0.0896 e.